The van der Waals surface area contributed by atoms with E-state index >= 15 is 0 Å². The lowest BCUT2D eigenvalue weighted by atomic mass is 10.1. The van der Waals surface area contributed by atoms with E-state index in [1.54, 1.807) is 0 Å². The Kier molecular flexibility index (Phi) is 3.41. The van der Waals surface area contributed by atoms with Crippen LogP contribution in [-0.4, -0.2) is 16.1 Å². The maximum Gasteiger partial charge on any atom is 0.341 e. The standard InChI is InChI=1S/C8H6ClF2NO3/c9-2-5-3(6(10)11)1-4(8(14)15)7(13)12-5/h1,6H,2H2,(H,12,13)(H,14,15). The highest BCUT2D eigenvalue weighted by Gasteiger charge is 2.18. The van der Waals surface area contributed by atoms with Gasteiger partial charge in [0.05, 0.1) is 5.88 Å². The van der Waals surface area contributed by atoms with Gasteiger partial charge in [0.25, 0.3) is 12.0 Å². The molecule has 4 nitrogen and oxygen atoms in total. The van der Waals surface area contributed by atoms with Crippen molar-refractivity contribution < 1.29 is 18.7 Å². The summed E-state index contributed by atoms with van der Waals surface area (Å²) in [4.78, 5) is 23.6. The number of rotatable bonds is 3. The molecule has 0 unspecified atom stereocenters. The number of pyridine rings is 1. The first-order valence-corrected chi connectivity index (χ1v) is 4.34. The fourth-order valence-electron chi connectivity index (χ4n) is 1.05. The van der Waals surface area contributed by atoms with Gasteiger partial charge >= 0.3 is 5.97 Å². The van der Waals surface area contributed by atoms with Gasteiger partial charge in [0.2, 0.25) is 0 Å². The second kappa shape index (κ2) is 4.39. The molecule has 1 heterocycles. The van der Waals surface area contributed by atoms with Crippen molar-refractivity contribution in [3.63, 3.8) is 0 Å². The molecule has 0 aliphatic heterocycles. The fraction of sp³-hybridized carbons (Fsp3) is 0.250. The number of aromatic amines is 1. The number of hydrogen-bond acceptors (Lipinski definition) is 2. The molecule has 0 saturated carbocycles. The maximum atomic E-state index is 12.4. The molecular weight excluding hydrogens is 232 g/mol. The number of carboxylic acids is 1. The van der Waals surface area contributed by atoms with E-state index in [1.165, 1.54) is 0 Å². The molecule has 0 radical (unpaired) electrons. The first-order valence-electron chi connectivity index (χ1n) is 3.81. The van der Waals surface area contributed by atoms with Crippen molar-refractivity contribution in [2.75, 3.05) is 0 Å². The molecule has 2 N–H and O–H groups in total. The molecule has 0 aliphatic rings. The van der Waals surface area contributed by atoms with Gasteiger partial charge in [-0.15, -0.1) is 11.6 Å². The van der Waals surface area contributed by atoms with Crippen LogP contribution in [0.5, 0.6) is 0 Å². The van der Waals surface area contributed by atoms with Gasteiger partial charge in [-0.3, -0.25) is 4.79 Å². The van der Waals surface area contributed by atoms with Gasteiger partial charge in [0.15, 0.2) is 0 Å². The van der Waals surface area contributed by atoms with Gasteiger partial charge in [0, 0.05) is 11.3 Å². The van der Waals surface area contributed by atoms with Crippen LogP contribution in [0, 0.1) is 0 Å². The molecule has 0 amide bonds. The summed E-state index contributed by atoms with van der Waals surface area (Å²) >= 11 is 5.33. The SMILES string of the molecule is O=C(O)c1cc(C(F)F)c(CCl)[nH]c1=O. The van der Waals surface area contributed by atoms with Gasteiger partial charge in [-0.05, 0) is 6.07 Å². The smallest absolute Gasteiger partial charge is 0.341 e. The highest BCUT2D eigenvalue weighted by atomic mass is 35.5. The monoisotopic (exact) mass is 237 g/mol. The third-order valence-electron chi connectivity index (χ3n) is 1.76. The summed E-state index contributed by atoms with van der Waals surface area (Å²) in [7, 11) is 0. The van der Waals surface area contributed by atoms with Crippen molar-refractivity contribution in [3.8, 4) is 0 Å². The van der Waals surface area contributed by atoms with E-state index in [4.69, 9.17) is 16.7 Å². The van der Waals surface area contributed by atoms with Crippen LogP contribution in [0.25, 0.3) is 0 Å². The van der Waals surface area contributed by atoms with Crippen LogP contribution in [-0.2, 0) is 5.88 Å². The van der Waals surface area contributed by atoms with Crippen molar-refractivity contribution >= 4 is 17.6 Å². The van der Waals surface area contributed by atoms with Crippen molar-refractivity contribution in [1.82, 2.24) is 4.98 Å². The predicted octanol–water partition coefficient (Wildman–Crippen LogP) is 1.75. The zero-order valence-electron chi connectivity index (χ0n) is 7.26. The van der Waals surface area contributed by atoms with Crippen molar-refractivity contribution in [2.24, 2.45) is 0 Å². The average Bonchev–Trinajstić information content (AvgIpc) is 2.16. The van der Waals surface area contributed by atoms with E-state index < -0.39 is 29.1 Å². The van der Waals surface area contributed by atoms with Gasteiger partial charge < -0.3 is 10.1 Å². The molecular formula is C8H6ClF2NO3. The number of aromatic nitrogens is 1. The summed E-state index contributed by atoms with van der Waals surface area (Å²) in [6, 6.07) is 0.642. The van der Waals surface area contributed by atoms with E-state index in [-0.39, 0.29) is 11.6 Å². The van der Waals surface area contributed by atoms with Crippen molar-refractivity contribution in [3.05, 3.63) is 33.2 Å². The summed E-state index contributed by atoms with van der Waals surface area (Å²) in [5.41, 5.74) is -2.40. The molecule has 1 aromatic heterocycles. The maximum absolute atomic E-state index is 12.4. The molecule has 1 rings (SSSR count). The number of halogens is 3. The van der Waals surface area contributed by atoms with E-state index in [2.05, 4.69) is 0 Å². The van der Waals surface area contributed by atoms with E-state index in [0.29, 0.717) is 6.07 Å². The predicted molar refractivity (Wildman–Crippen MR) is 48.5 cm³/mol. The first kappa shape index (κ1) is 11.6. The summed E-state index contributed by atoms with van der Waals surface area (Å²) in [5, 5.41) is 8.54. The van der Waals surface area contributed by atoms with Gasteiger partial charge in [-0.1, -0.05) is 0 Å². The third kappa shape index (κ3) is 2.33. The summed E-state index contributed by atoms with van der Waals surface area (Å²) < 4.78 is 24.8. The normalized spacial score (nSPS) is 10.7. The lowest BCUT2D eigenvalue weighted by Gasteiger charge is -2.06. The van der Waals surface area contributed by atoms with Crippen LogP contribution in [0.1, 0.15) is 28.0 Å². The van der Waals surface area contributed by atoms with Gasteiger partial charge in [0.1, 0.15) is 5.56 Å². The number of carbonyl (C=O) groups is 1. The van der Waals surface area contributed by atoms with Crippen molar-refractivity contribution in [2.45, 2.75) is 12.3 Å². The Morgan fingerprint density at radius 3 is 2.60 bits per heavy atom. The Balaban J connectivity index is 3.44. The minimum absolute atomic E-state index is 0.165. The summed E-state index contributed by atoms with van der Waals surface area (Å²) in [5.74, 6) is -1.87. The Morgan fingerprint density at radius 2 is 2.20 bits per heavy atom. The lowest BCUT2D eigenvalue weighted by Crippen LogP contribution is -2.20. The Hall–Kier alpha value is -1.43. The van der Waals surface area contributed by atoms with Crippen LogP contribution in [0.2, 0.25) is 0 Å². The largest absolute Gasteiger partial charge is 0.477 e. The second-order valence-electron chi connectivity index (χ2n) is 2.69. The highest BCUT2D eigenvalue weighted by Crippen LogP contribution is 2.22. The Morgan fingerprint density at radius 1 is 1.60 bits per heavy atom. The number of nitrogens with one attached hydrogen (secondary N) is 1. The van der Waals surface area contributed by atoms with Crippen LogP contribution in [0.15, 0.2) is 10.9 Å². The number of carboxylic acid groups (broad SMARTS) is 1. The Bertz CT molecular complexity index is 444. The molecule has 15 heavy (non-hydrogen) atoms. The van der Waals surface area contributed by atoms with Gasteiger partial charge in [-0.2, -0.15) is 0 Å². The minimum atomic E-state index is -2.88. The second-order valence-corrected chi connectivity index (χ2v) is 2.95. The molecule has 0 spiro atoms. The minimum Gasteiger partial charge on any atom is -0.477 e. The zero-order chi connectivity index (χ0) is 11.6. The molecule has 1 aromatic rings. The fourth-order valence-corrected chi connectivity index (χ4v) is 1.27. The Labute approximate surface area is 87.5 Å². The average molecular weight is 238 g/mol. The van der Waals surface area contributed by atoms with E-state index in [1.807, 2.05) is 4.98 Å². The van der Waals surface area contributed by atoms with E-state index in [9.17, 15) is 18.4 Å². The molecule has 0 aromatic carbocycles. The number of alkyl halides is 3. The quantitative estimate of drug-likeness (QED) is 0.787. The third-order valence-corrected chi connectivity index (χ3v) is 2.02. The number of aromatic carboxylic acids is 1. The molecule has 82 valence electrons. The topological polar surface area (TPSA) is 70.2 Å². The van der Waals surface area contributed by atoms with Crippen molar-refractivity contribution in [1.29, 1.82) is 0 Å². The number of hydrogen-bond donors (Lipinski definition) is 2. The van der Waals surface area contributed by atoms with Crippen LogP contribution in [0.4, 0.5) is 8.78 Å². The molecule has 0 bridgehead atoms. The molecule has 0 fully saturated rings. The summed E-state index contributed by atoms with van der Waals surface area (Å²) in [6.45, 7) is 0. The first-order chi connectivity index (χ1) is 6.97. The lowest BCUT2D eigenvalue weighted by molar-refractivity contribution is 0.0694. The number of H-pyrrole nitrogens is 1. The summed E-state index contributed by atoms with van der Waals surface area (Å²) in [6.07, 6.45) is -2.88. The highest BCUT2D eigenvalue weighted by molar-refractivity contribution is 6.17. The van der Waals surface area contributed by atoms with Crippen LogP contribution < -0.4 is 5.56 Å². The molecule has 0 aliphatic carbocycles. The molecule has 0 saturated heterocycles. The van der Waals surface area contributed by atoms with Gasteiger partial charge in [-0.25, -0.2) is 13.6 Å². The zero-order valence-corrected chi connectivity index (χ0v) is 8.02. The van der Waals surface area contributed by atoms with E-state index in [0.717, 1.165) is 0 Å². The molecule has 7 heteroatoms. The molecule has 0 atom stereocenters. The van der Waals surface area contributed by atoms with Crippen LogP contribution in [0.3, 0.4) is 0 Å². The van der Waals surface area contributed by atoms with Crippen LogP contribution >= 0.6 is 11.6 Å².